The first-order valence-electron chi connectivity index (χ1n) is 8.86. The minimum absolute atomic E-state index is 0.0161. The molecular formula is C19H20N4O4. The maximum absolute atomic E-state index is 12.5. The van der Waals surface area contributed by atoms with Crippen molar-refractivity contribution in [1.82, 2.24) is 9.88 Å². The Morgan fingerprint density at radius 2 is 2.07 bits per heavy atom. The maximum atomic E-state index is 12.5. The van der Waals surface area contributed by atoms with Crippen molar-refractivity contribution in [3.63, 3.8) is 0 Å². The summed E-state index contributed by atoms with van der Waals surface area (Å²) in [6.07, 6.45) is 5.03. The fourth-order valence-corrected chi connectivity index (χ4v) is 3.51. The molecule has 8 heteroatoms. The number of carbonyl (C=O) groups excluding carboxylic acids is 2. The van der Waals surface area contributed by atoms with E-state index < -0.39 is 5.60 Å². The molecule has 140 valence electrons. The third-order valence-electron chi connectivity index (χ3n) is 4.95. The Morgan fingerprint density at radius 3 is 2.78 bits per heavy atom. The van der Waals surface area contributed by atoms with Crippen LogP contribution in [0, 0.1) is 0 Å². The molecule has 1 N–H and O–H groups in total. The minimum Gasteiger partial charge on any atom is -0.444 e. The highest BCUT2D eigenvalue weighted by atomic mass is 16.7. The van der Waals surface area contributed by atoms with Gasteiger partial charge in [0.25, 0.3) is 5.91 Å². The number of rotatable bonds is 3. The summed E-state index contributed by atoms with van der Waals surface area (Å²) in [5.74, 6) is 0.386. The quantitative estimate of drug-likeness (QED) is 0.897. The molecule has 2 aromatic rings. The summed E-state index contributed by atoms with van der Waals surface area (Å²) < 4.78 is 5.25. The maximum Gasteiger partial charge on any atom is 0.273 e. The highest BCUT2D eigenvalue weighted by molar-refractivity contribution is 6.43. The zero-order chi connectivity index (χ0) is 18.9. The van der Waals surface area contributed by atoms with Crippen LogP contribution in [0.4, 0.5) is 5.69 Å². The summed E-state index contributed by atoms with van der Waals surface area (Å²) in [5.41, 5.74) is 1.30. The van der Waals surface area contributed by atoms with Crippen LogP contribution in [0.3, 0.4) is 0 Å². The van der Waals surface area contributed by atoms with Crippen molar-refractivity contribution in [3.05, 3.63) is 36.9 Å². The van der Waals surface area contributed by atoms with E-state index in [1.807, 2.05) is 12.1 Å². The van der Waals surface area contributed by atoms with Crippen LogP contribution in [0.5, 0.6) is 0 Å². The summed E-state index contributed by atoms with van der Waals surface area (Å²) in [5, 5.41) is 6.84. The lowest BCUT2D eigenvalue weighted by Crippen LogP contribution is -2.50. The number of likely N-dealkylation sites (tertiary alicyclic amines) is 1. The Morgan fingerprint density at radius 1 is 1.26 bits per heavy atom. The van der Waals surface area contributed by atoms with E-state index >= 15 is 0 Å². The first kappa shape index (κ1) is 17.3. The van der Waals surface area contributed by atoms with Crippen molar-refractivity contribution < 1.29 is 18.8 Å². The van der Waals surface area contributed by atoms with E-state index in [-0.39, 0.29) is 11.8 Å². The molecule has 1 atom stereocenters. The van der Waals surface area contributed by atoms with Crippen LogP contribution < -0.4 is 5.32 Å². The molecular weight excluding hydrogens is 348 g/mol. The molecule has 0 radical (unpaired) electrons. The highest BCUT2D eigenvalue weighted by Crippen LogP contribution is 2.33. The highest BCUT2D eigenvalue weighted by Gasteiger charge is 2.45. The van der Waals surface area contributed by atoms with Gasteiger partial charge >= 0.3 is 0 Å². The number of amides is 2. The first-order chi connectivity index (χ1) is 13.0. The van der Waals surface area contributed by atoms with E-state index in [1.165, 1.54) is 6.39 Å². The molecule has 1 saturated heterocycles. The van der Waals surface area contributed by atoms with Gasteiger partial charge in [-0.1, -0.05) is 5.16 Å². The summed E-state index contributed by atoms with van der Waals surface area (Å²) in [6, 6.07) is 7.27. The standard InChI is InChI=1S/C19H20N4O4/c1-13(24)23-8-2-7-19(11-23)9-16(22-27-19)18(25)21-15-5-3-14(4-6-15)17-10-20-12-26-17/h3-6,10,12H,2,7-9,11H2,1H3,(H,21,25). The molecule has 1 unspecified atom stereocenters. The first-order valence-corrected chi connectivity index (χ1v) is 8.86. The summed E-state index contributed by atoms with van der Waals surface area (Å²) in [6.45, 7) is 2.74. The molecule has 2 aliphatic rings. The van der Waals surface area contributed by atoms with Crippen LogP contribution in [0.25, 0.3) is 11.3 Å². The lowest BCUT2D eigenvalue weighted by atomic mass is 9.88. The fourth-order valence-electron chi connectivity index (χ4n) is 3.51. The largest absolute Gasteiger partial charge is 0.444 e. The third-order valence-corrected chi connectivity index (χ3v) is 4.95. The summed E-state index contributed by atoms with van der Waals surface area (Å²) in [7, 11) is 0. The van der Waals surface area contributed by atoms with Gasteiger partial charge in [-0.2, -0.15) is 0 Å². The number of oxazole rings is 1. The molecule has 2 aliphatic heterocycles. The van der Waals surface area contributed by atoms with Gasteiger partial charge in [0.1, 0.15) is 5.71 Å². The Labute approximate surface area is 156 Å². The average Bonchev–Trinajstić information content (AvgIpc) is 3.33. The number of piperidine rings is 1. The molecule has 2 amide bonds. The summed E-state index contributed by atoms with van der Waals surface area (Å²) in [4.78, 5) is 35.4. The number of nitrogens with zero attached hydrogens (tertiary/aromatic N) is 3. The minimum atomic E-state index is -0.577. The normalized spacial score (nSPS) is 21.7. The zero-order valence-electron chi connectivity index (χ0n) is 15.0. The Balaban J connectivity index is 1.38. The zero-order valence-corrected chi connectivity index (χ0v) is 15.0. The Kier molecular flexibility index (Phi) is 4.39. The van der Waals surface area contributed by atoms with Crippen LogP contribution in [0.2, 0.25) is 0 Å². The van der Waals surface area contributed by atoms with Gasteiger partial charge in [0.15, 0.2) is 17.8 Å². The van der Waals surface area contributed by atoms with Gasteiger partial charge in [-0.25, -0.2) is 4.98 Å². The van der Waals surface area contributed by atoms with Crippen LogP contribution >= 0.6 is 0 Å². The smallest absolute Gasteiger partial charge is 0.273 e. The third kappa shape index (κ3) is 3.55. The van der Waals surface area contributed by atoms with Crippen molar-refractivity contribution >= 4 is 23.2 Å². The molecule has 0 saturated carbocycles. The van der Waals surface area contributed by atoms with Crippen molar-refractivity contribution in [2.45, 2.75) is 31.8 Å². The number of benzene rings is 1. The molecule has 8 nitrogen and oxygen atoms in total. The van der Waals surface area contributed by atoms with Gasteiger partial charge < -0.3 is 19.5 Å². The van der Waals surface area contributed by atoms with Crippen molar-refractivity contribution in [2.75, 3.05) is 18.4 Å². The molecule has 1 aromatic carbocycles. The van der Waals surface area contributed by atoms with Gasteiger partial charge in [0, 0.05) is 31.1 Å². The van der Waals surface area contributed by atoms with E-state index in [9.17, 15) is 9.59 Å². The molecule has 0 bridgehead atoms. The van der Waals surface area contributed by atoms with Crippen LogP contribution in [0.15, 0.2) is 46.4 Å². The molecule has 1 spiro atoms. The fraction of sp³-hybridized carbons (Fsp3) is 0.368. The van der Waals surface area contributed by atoms with Crippen LogP contribution in [-0.2, 0) is 14.4 Å². The Hall–Kier alpha value is -3.16. The molecule has 27 heavy (non-hydrogen) atoms. The van der Waals surface area contributed by atoms with Gasteiger partial charge in [0.2, 0.25) is 5.91 Å². The van der Waals surface area contributed by atoms with E-state index in [2.05, 4.69) is 15.5 Å². The predicted octanol–water partition coefficient (Wildman–Crippen LogP) is 2.44. The second-order valence-electron chi connectivity index (χ2n) is 6.93. The van der Waals surface area contributed by atoms with E-state index in [4.69, 9.17) is 9.25 Å². The van der Waals surface area contributed by atoms with Gasteiger partial charge in [-0.15, -0.1) is 0 Å². The second kappa shape index (κ2) is 6.86. The van der Waals surface area contributed by atoms with E-state index in [1.54, 1.807) is 30.2 Å². The molecule has 1 fully saturated rings. The van der Waals surface area contributed by atoms with Crippen LogP contribution in [-0.4, -0.2) is 46.1 Å². The number of anilines is 1. The number of hydrogen-bond acceptors (Lipinski definition) is 6. The van der Waals surface area contributed by atoms with Crippen LogP contribution in [0.1, 0.15) is 26.2 Å². The number of oxime groups is 1. The average molecular weight is 368 g/mol. The lowest BCUT2D eigenvalue weighted by Gasteiger charge is -2.37. The van der Waals surface area contributed by atoms with E-state index in [0.29, 0.717) is 30.1 Å². The number of hydrogen-bond donors (Lipinski definition) is 1. The molecule has 1 aromatic heterocycles. The van der Waals surface area contributed by atoms with Gasteiger partial charge in [-0.3, -0.25) is 9.59 Å². The number of carbonyl (C=O) groups is 2. The molecule has 4 rings (SSSR count). The van der Waals surface area contributed by atoms with Crippen molar-refractivity contribution in [1.29, 1.82) is 0 Å². The van der Waals surface area contributed by atoms with Crippen molar-refractivity contribution in [3.8, 4) is 11.3 Å². The number of aromatic nitrogens is 1. The Bertz CT molecular complexity index is 876. The topological polar surface area (TPSA) is 97.0 Å². The second-order valence-corrected chi connectivity index (χ2v) is 6.93. The van der Waals surface area contributed by atoms with Gasteiger partial charge in [-0.05, 0) is 37.1 Å². The molecule has 3 heterocycles. The summed E-state index contributed by atoms with van der Waals surface area (Å²) >= 11 is 0. The van der Waals surface area contributed by atoms with Crippen molar-refractivity contribution in [2.24, 2.45) is 5.16 Å². The lowest BCUT2D eigenvalue weighted by molar-refractivity contribution is -0.138. The molecule has 0 aliphatic carbocycles. The number of nitrogens with one attached hydrogen (secondary N) is 1. The van der Waals surface area contributed by atoms with E-state index in [0.717, 1.165) is 24.9 Å². The monoisotopic (exact) mass is 368 g/mol. The van der Waals surface area contributed by atoms with Gasteiger partial charge in [0.05, 0.1) is 12.7 Å². The SMILES string of the molecule is CC(=O)N1CCCC2(CC(C(=O)Nc3ccc(-c4cnco4)cc3)=NO2)C1. The predicted molar refractivity (Wildman–Crippen MR) is 97.9 cm³/mol.